The molecule has 2 aromatic rings. The average Bonchev–Trinajstić information content (AvgIpc) is 2.56. The first-order chi connectivity index (χ1) is 11.0. The molecule has 2 rings (SSSR count). The number of anilines is 1. The SMILES string of the molecule is CSc1ncccc1C(=O)OCC(=O)Nc1ccc(C)c(Br)c1. The smallest absolute Gasteiger partial charge is 0.341 e. The van der Waals surface area contributed by atoms with E-state index in [1.54, 1.807) is 30.5 Å². The topological polar surface area (TPSA) is 68.3 Å². The van der Waals surface area contributed by atoms with Gasteiger partial charge in [0.05, 0.1) is 5.56 Å². The zero-order valence-electron chi connectivity index (χ0n) is 12.6. The Kier molecular flexibility index (Phi) is 6.18. The first-order valence-electron chi connectivity index (χ1n) is 6.73. The molecule has 0 unspecified atom stereocenters. The molecule has 7 heteroatoms. The summed E-state index contributed by atoms with van der Waals surface area (Å²) in [5.41, 5.74) is 2.05. The summed E-state index contributed by atoms with van der Waals surface area (Å²) in [5, 5.41) is 3.25. The van der Waals surface area contributed by atoms with Crippen LogP contribution in [-0.2, 0) is 9.53 Å². The molecule has 0 spiro atoms. The van der Waals surface area contributed by atoms with Gasteiger partial charge in [-0.25, -0.2) is 9.78 Å². The molecule has 0 aliphatic heterocycles. The number of rotatable bonds is 5. The van der Waals surface area contributed by atoms with E-state index in [1.165, 1.54) is 11.8 Å². The highest BCUT2D eigenvalue weighted by Crippen LogP contribution is 2.21. The lowest BCUT2D eigenvalue weighted by molar-refractivity contribution is -0.119. The monoisotopic (exact) mass is 394 g/mol. The van der Waals surface area contributed by atoms with Crippen molar-refractivity contribution in [1.82, 2.24) is 4.98 Å². The summed E-state index contributed by atoms with van der Waals surface area (Å²) < 4.78 is 5.94. The van der Waals surface area contributed by atoms with Crippen LogP contribution in [0, 0.1) is 6.92 Å². The molecular formula is C16H15BrN2O3S. The van der Waals surface area contributed by atoms with Crippen molar-refractivity contribution in [3.8, 4) is 0 Å². The summed E-state index contributed by atoms with van der Waals surface area (Å²) in [6.07, 6.45) is 3.42. The van der Waals surface area contributed by atoms with Gasteiger partial charge >= 0.3 is 5.97 Å². The van der Waals surface area contributed by atoms with Crippen LogP contribution in [-0.4, -0.2) is 29.7 Å². The van der Waals surface area contributed by atoms with Gasteiger partial charge in [0.2, 0.25) is 0 Å². The van der Waals surface area contributed by atoms with E-state index in [1.807, 2.05) is 19.2 Å². The largest absolute Gasteiger partial charge is 0.452 e. The maximum Gasteiger partial charge on any atom is 0.341 e. The third-order valence-corrected chi connectivity index (χ3v) is 4.54. The van der Waals surface area contributed by atoms with Crippen molar-refractivity contribution in [2.45, 2.75) is 11.9 Å². The lowest BCUT2D eigenvalue weighted by Gasteiger charge is -2.09. The number of benzene rings is 1. The number of hydrogen-bond donors (Lipinski definition) is 1. The van der Waals surface area contributed by atoms with Crippen molar-refractivity contribution in [2.24, 2.45) is 0 Å². The third-order valence-electron chi connectivity index (χ3n) is 2.97. The van der Waals surface area contributed by atoms with Crippen LogP contribution < -0.4 is 5.32 Å². The Labute approximate surface area is 147 Å². The number of hydrogen-bond acceptors (Lipinski definition) is 5. The molecule has 0 fully saturated rings. The molecule has 1 heterocycles. The van der Waals surface area contributed by atoms with Crippen LogP contribution in [0.15, 0.2) is 46.0 Å². The van der Waals surface area contributed by atoms with Gasteiger partial charge in [-0.15, -0.1) is 11.8 Å². The second-order valence-electron chi connectivity index (χ2n) is 4.65. The molecule has 1 aromatic heterocycles. The second kappa shape index (κ2) is 8.12. The van der Waals surface area contributed by atoms with Crippen molar-refractivity contribution in [3.63, 3.8) is 0 Å². The number of nitrogens with zero attached hydrogens (tertiary/aromatic N) is 1. The number of amides is 1. The number of pyridine rings is 1. The van der Waals surface area contributed by atoms with Crippen LogP contribution in [0.5, 0.6) is 0 Å². The fourth-order valence-corrected chi connectivity index (χ4v) is 2.70. The van der Waals surface area contributed by atoms with Gasteiger partial charge in [-0.05, 0) is 43.0 Å². The number of aromatic nitrogens is 1. The molecule has 0 saturated heterocycles. The van der Waals surface area contributed by atoms with E-state index >= 15 is 0 Å². The highest BCUT2D eigenvalue weighted by molar-refractivity contribution is 9.10. The van der Waals surface area contributed by atoms with Crippen molar-refractivity contribution >= 4 is 45.3 Å². The molecule has 0 aliphatic rings. The molecule has 23 heavy (non-hydrogen) atoms. The van der Waals surface area contributed by atoms with Gasteiger partial charge in [-0.1, -0.05) is 22.0 Å². The Bertz CT molecular complexity index is 737. The van der Waals surface area contributed by atoms with E-state index in [0.717, 1.165) is 10.0 Å². The van der Waals surface area contributed by atoms with Crippen molar-refractivity contribution < 1.29 is 14.3 Å². The molecular weight excluding hydrogens is 380 g/mol. The lowest BCUT2D eigenvalue weighted by Crippen LogP contribution is -2.21. The van der Waals surface area contributed by atoms with Gasteiger partial charge in [0, 0.05) is 16.4 Å². The maximum atomic E-state index is 12.0. The molecule has 1 aromatic carbocycles. The molecule has 120 valence electrons. The number of nitrogens with one attached hydrogen (secondary N) is 1. The minimum absolute atomic E-state index is 0.353. The van der Waals surface area contributed by atoms with Crippen LogP contribution in [0.25, 0.3) is 0 Å². The number of esters is 1. The normalized spacial score (nSPS) is 10.2. The van der Waals surface area contributed by atoms with Crippen molar-refractivity contribution in [1.29, 1.82) is 0 Å². The Balaban J connectivity index is 1.93. The van der Waals surface area contributed by atoms with Gasteiger partial charge in [-0.3, -0.25) is 4.79 Å². The number of halogens is 1. The molecule has 0 aliphatic carbocycles. The van der Waals surface area contributed by atoms with Crippen LogP contribution >= 0.6 is 27.7 Å². The minimum atomic E-state index is -0.567. The molecule has 0 radical (unpaired) electrons. The van der Waals surface area contributed by atoms with Gasteiger partial charge in [0.15, 0.2) is 6.61 Å². The van der Waals surface area contributed by atoms with E-state index < -0.39 is 11.9 Å². The number of ether oxygens (including phenoxy) is 1. The van der Waals surface area contributed by atoms with Crippen molar-refractivity contribution in [3.05, 3.63) is 52.1 Å². The van der Waals surface area contributed by atoms with Crippen LogP contribution in [0.3, 0.4) is 0 Å². The van der Waals surface area contributed by atoms with E-state index in [4.69, 9.17) is 4.74 Å². The van der Waals surface area contributed by atoms with Crippen LogP contribution in [0.4, 0.5) is 5.69 Å². The fourth-order valence-electron chi connectivity index (χ4n) is 1.79. The van der Waals surface area contributed by atoms with Gasteiger partial charge < -0.3 is 10.1 Å². The second-order valence-corrected chi connectivity index (χ2v) is 6.30. The van der Waals surface area contributed by atoms with E-state index in [0.29, 0.717) is 16.3 Å². The number of thioether (sulfide) groups is 1. The quantitative estimate of drug-likeness (QED) is 0.618. The summed E-state index contributed by atoms with van der Waals surface area (Å²) in [6.45, 7) is 1.60. The fraction of sp³-hybridized carbons (Fsp3) is 0.188. The molecule has 5 nitrogen and oxygen atoms in total. The Morgan fingerprint density at radius 3 is 2.83 bits per heavy atom. The number of carbonyl (C=O) groups excluding carboxylic acids is 2. The van der Waals surface area contributed by atoms with Crippen molar-refractivity contribution in [2.75, 3.05) is 18.2 Å². The molecule has 0 saturated carbocycles. The average molecular weight is 395 g/mol. The summed E-state index contributed by atoms with van der Waals surface area (Å²) in [5.74, 6) is -0.966. The molecule has 0 atom stereocenters. The number of carbonyl (C=O) groups is 2. The number of aryl methyl sites for hydroxylation is 1. The standard InChI is InChI=1S/C16H15BrN2O3S/c1-10-5-6-11(8-13(10)17)19-14(20)9-22-16(21)12-4-3-7-18-15(12)23-2/h3-8H,9H2,1-2H3,(H,19,20). The lowest BCUT2D eigenvalue weighted by atomic mass is 10.2. The summed E-state index contributed by atoms with van der Waals surface area (Å²) in [7, 11) is 0. The molecule has 1 N–H and O–H groups in total. The van der Waals surface area contributed by atoms with Crippen LogP contribution in [0.2, 0.25) is 0 Å². The zero-order chi connectivity index (χ0) is 16.8. The first kappa shape index (κ1) is 17.5. The van der Waals surface area contributed by atoms with Gasteiger partial charge in [0.25, 0.3) is 5.91 Å². The predicted octanol–water partition coefficient (Wildman–Crippen LogP) is 3.67. The van der Waals surface area contributed by atoms with E-state index in [-0.39, 0.29) is 6.61 Å². The Morgan fingerprint density at radius 2 is 2.13 bits per heavy atom. The highest BCUT2D eigenvalue weighted by Gasteiger charge is 2.15. The summed E-state index contributed by atoms with van der Waals surface area (Å²) in [4.78, 5) is 28.0. The van der Waals surface area contributed by atoms with Crippen LogP contribution in [0.1, 0.15) is 15.9 Å². The summed E-state index contributed by atoms with van der Waals surface area (Å²) in [6, 6.07) is 8.73. The Morgan fingerprint density at radius 1 is 1.35 bits per heavy atom. The maximum absolute atomic E-state index is 12.0. The van der Waals surface area contributed by atoms with Gasteiger partial charge in [-0.2, -0.15) is 0 Å². The predicted molar refractivity (Wildman–Crippen MR) is 93.8 cm³/mol. The van der Waals surface area contributed by atoms with E-state index in [2.05, 4.69) is 26.2 Å². The minimum Gasteiger partial charge on any atom is -0.452 e. The van der Waals surface area contributed by atoms with Gasteiger partial charge in [0.1, 0.15) is 5.03 Å². The molecule has 0 bridgehead atoms. The summed E-state index contributed by atoms with van der Waals surface area (Å²) >= 11 is 4.74. The first-order valence-corrected chi connectivity index (χ1v) is 8.75. The third kappa shape index (κ3) is 4.80. The molecule has 1 amide bonds. The zero-order valence-corrected chi connectivity index (χ0v) is 15.0. The highest BCUT2D eigenvalue weighted by atomic mass is 79.9. The van der Waals surface area contributed by atoms with E-state index in [9.17, 15) is 9.59 Å². The Hall–Kier alpha value is -1.86.